The summed E-state index contributed by atoms with van der Waals surface area (Å²) in [4.78, 5) is -0.299. The number of rotatable bonds is 4. The van der Waals surface area contributed by atoms with Crippen molar-refractivity contribution in [2.75, 3.05) is 26.7 Å². The molecule has 0 bridgehead atoms. The molecule has 0 spiro atoms. The molecule has 8 heteroatoms. The second-order valence-electron chi connectivity index (χ2n) is 5.51. The molecule has 1 saturated heterocycles. The summed E-state index contributed by atoms with van der Waals surface area (Å²) in [5, 5.41) is 3.20. The lowest BCUT2D eigenvalue weighted by Crippen LogP contribution is -2.48. The number of para-hydroxylation sites is 1. The summed E-state index contributed by atoms with van der Waals surface area (Å²) in [6.07, 6.45) is 0. The maximum atomic E-state index is 14.1. The van der Waals surface area contributed by atoms with Crippen LogP contribution < -0.4 is 10.1 Å². The van der Waals surface area contributed by atoms with Gasteiger partial charge in [-0.05, 0) is 18.2 Å². The fourth-order valence-electron chi connectivity index (χ4n) is 2.96. The molecule has 0 aliphatic carbocycles. The van der Waals surface area contributed by atoms with E-state index in [1.54, 1.807) is 13.2 Å². The van der Waals surface area contributed by atoms with Gasteiger partial charge in [0.25, 0.3) is 0 Å². The number of sulfonamides is 1. The van der Waals surface area contributed by atoms with Crippen molar-refractivity contribution in [3.8, 4) is 5.75 Å². The first-order chi connectivity index (χ1) is 11.6. The van der Waals surface area contributed by atoms with Gasteiger partial charge < -0.3 is 10.1 Å². The second kappa shape index (κ2) is 8.14. The predicted molar refractivity (Wildman–Crippen MR) is 96.1 cm³/mol. The monoisotopic (exact) mass is 386 g/mol. The number of halogens is 2. The van der Waals surface area contributed by atoms with Crippen LogP contribution in [0.25, 0.3) is 0 Å². The molecule has 2 aromatic rings. The van der Waals surface area contributed by atoms with E-state index in [2.05, 4.69) is 5.32 Å². The molecule has 2 aromatic carbocycles. The van der Waals surface area contributed by atoms with Gasteiger partial charge in [-0.3, -0.25) is 0 Å². The molecule has 1 unspecified atom stereocenters. The average molecular weight is 387 g/mol. The summed E-state index contributed by atoms with van der Waals surface area (Å²) < 4.78 is 46.8. The Hall–Kier alpha value is -1.67. The zero-order valence-corrected chi connectivity index (χ0v) is 15.3. The molecule has 3 rings (SSSR count). The van der Waals surface area contributed by atoms with Gasteiger partial charge in [0.1, 0.15) is 16.5 Å². The third kappa shape index (κ3) is 3.79. The smallest absolute Gasteiger partial charge is 0.246 e. The number of piperazine rings is 1. The van der Waals surface area contributed by atoms with Crippen LogP contribution >= 0.6 is 12.4 Å². The Bertz CT molecular complexity index is 832. The lowest BCUT2D eigenvalue weighted by Gasteiger charge is -2.36. The van der Waals surface area contributed by atoms with E-state index in [1.165, 1.54) is 22.5 Å². The summed E-state index contributed by atoms with van der Waals surface area (Å²) in [5.41, 5.74) is 0.757. The molecule has 0 saturated carbocycles. The highest BCUT2D eigenvalue weighted by Gasteiger charge is 2.36. The summed E-state index contributed by atoms with van der Waals surface area (Å²) >= 11 is 0. The van der Waals surface area contributed by atoms with E-state index in [0.717, 1.165) is 11.6 Å². The summed E-state index contributed by atoms with van der Waals surface area (Å²) in [7, 11) is -2.41. The van der Waals surface area contributed by atoms with Crippen molar-refractivity contribution in [1.82, 2.24) is 9.62 Å². The van der Waals surface area contributed by atoms with Gasteiger partial charge in [-0.1, -0.05) is 30.3 Å². The van der Waals surface area contributed by atoms with E-state index in [4.69, 9.17) is 4.74 Å². The minimum absolute atomic E-state index is 0. The number of methoxy groups -OCH3 is 1. The summed E-state index contributed by atoms with van der Waals surface area (Å²) in [6.45, 7) is 1.22. The van der Waals surface area contributed by atoms with E-state index in [9.17, 15) is 12.8 Å². The Morgan fingerprint density at radius 3 is 2.56 bits per heavy atom. The van der Waals surface area contributed by atoms with Crippen LogP contribution in [0.4, 0.5) is 4.39 Å². The van der Waals surface area contributed by atoms with E-state index in [-0.39, 0.29) is 23.8 Å². The highest BCUT2D eigenvalue weighted by molar-refractivity contribution is 7.89. The number of nitrogens with zero attached hydrogens (tertiary/aromatic N) is 1. The minimum Gasteiger partial charge on any atom is -0.496 e. The van der Waals surface area contributed by atoms with Crippen LogP contribution in [-0.2, 0) is 10.0 Å². The van der Waals surface area contributed by atoms with Crippen LogP contribution in [0.2, 0.25) is 0 Å². The van der Waals surface area contributed by atoms with Crippen molar-refractivity contribution >= 4 is 22.4 Å². The normalized spacial score (nSPS) is 18.4. The molecule has 1 heterocycles. The quantitative estimate of drug-likeness (QED) is 0.877. The van der Waals surface area contributed by atoms with Crippen molar-refractivity contribution in [1.29, 1.82) is 0 Å². The molecular formula is C17H20ClFN2O3S. The Morgan fingerprint density at radius 2 is 1.84 bits per heavy atom. The van der Waals surface area contributed by atoms with Gasteiger partial charge in [0.05, 0.1) is 13.2 Å². The SMILES string of the molecule is COc1ccccc1C1CNCCN1S(=O)(=O)c1ccccc1F.Cl. The van der Waals surface area contributed by atoms with Gasteiger partial charge in [-0.25, -0.2) is 12.8 Å². The molecule has 25 heavy (non-hydrogen) atoms. The van der Waals surface area contributed by atoms with Gasteiger partial charge in [0.15, 0.2) is 0 Å². The highest BCUT2D eigenvalue weighted by Crippen LogP contribution is 2.34. The first-order valence-electron chi connectivity index (χ1n) is 7.65. The molecule has 1 aliphatic heterocycles. The highest BCUT2D eigenvalue weighted by atomic mass is 35.5. The molecule has 1 aliphatic rings. The van der Waals surface area contributed by atoms with E-state index >= 15 is 0 Å². The summed E-state index contributed by atoms with van der Waals surface area (Å²) in [5.74, 6) is -0.130. The van der Waals surface area contributed by atoms with Crippen LogP contribution in [0.3, 0.4) is 0 Å². The first-order valence-corrected chi connectivity index (χ1v) is 9.09. The molecule has 1 atom stereocenters. The lowest BCUT2D eigenvalue weighted by atomic mass is 10.0. The number of nitrogens with one attached hydrogen (secondary N) is 1. The third-order valence-corrected chi connectivity index (χ3v) is 6.06. The van der Waals surface area contributed by atoms with Crippen molar-refractivity contribution in [2.45, 2.75) is 10.9 Å². The zero-order chi connectivity index (χ0) is 17.2. The Labute approximate surface area is 153 Å². The Morgan fingerprint density at radius 1 is 1.16 bits per heavy atom. The molecule has 0 radical (unpaired) electrons. The van der Waals surface area contributed by atoms with Gasteiger partial charge in [0, 0.05) is 25.2 Å². The maximum Gasteiger partial charge on any atom is 0.246 e. The van der Waals surface area contributed by atoms with Crippen molar-refractivity contribution in [3.63, 3.8) is 0 Å². The number of ether oxygens (including phenoxy) is 1. The average Bonchev–Trinajstić information content (AvgIpc) is 2.62. The standard InChI is InChI=1S/C17H19FN2O3S.ClH/c1-23-16-8-4-2-6-13(16)15-12-19-10-11-20(15)24(21,22)17-9-5-3-7-14(17)18;/h2-9,15,19H,10-12H2,1H3;1H. The van der Waals surface area contributed by atoms with Crippen LogP contribution in [0.5, 0.6) is 5.75 Å². The fraction of sp³-hybridized carbons (Fsp3) is 0.294. The van der Waals surface area contributed by atoms with Gasteiger partial charge in [-0.2, -0.15) is 4.31 Å². The fourth-order valence-corrected chi connectivity index (χ4v) is 4.63. The summed E-state index contributed by atoms with van der Waals surface area (Å²) in [6, 6.07) is 12.3. The van der Waals surface area contributed by atoms with Crippen molar-refractivity contribution in [3.05, 3.63) is 59.9 Å². The minimum atomic E-state index is -3.95. The number of hydrogen-bond donors (Lipinski definition) is 1. The molecule has 1 N–H and O–H groups in total. The molecule has 136 valence electrons. The first kappa shape index (κ1) is 19.7. The molecule has 5 nitrogen and oxygen atoms in total. The largest absolute Gasteiger partial charge is 0.496 e. The second-order valence-corrected chi connectivity index (χ2v) is 7.37. The van der Waals surface area contributed by atoms with Gasteiger partial charge >= 0.3 is 0 Å². The van der Waals surface area contributed by atoms with Gasteiger partial charge in [0.2, 0.25) is 10.0 Å². The molecule has 0 amide bonds. The van der Waals surface area contributed by atoms with E-state index in [1.807, 2.05) is 18.2 Å². The van der Waals surface area contributed by atoms with Crippen LogP contribution in [-0.4, -0.2) is 39.5 Å². The Kier molecular flexibility index (Phi) is 6.40. The maximum absolute atomic E-state index is 14.1. The Balaban J connectivity index is 0.00000225. The predicted octanol–water partition coefficient (Wildman–Crippen LogP) is 2.59. The third-order valence-electron chi connectivity index (χ3n) is 4.12. The number of hydrogen-bond acceptors (Lipinski definition) is 4. The topological polar surface area (TPSA) is 58.6 Å². The molecule has 1 fully saturated rings. The van der Waals surface area contributed by atoms with E-state index < -0.39 is 21.9 Å². The molecule has 0 aromatic heterocycles. The van der Waals surface area contributed by atoms with Crippen LogP contribution in [0.15, 0.2) is 53.4 Å². The number of benzene rings is 2. The lowest BCUT2D eigenvalue weighted by molar-refractivity contribution is 0.264. The van der Waals surface area contributed by atoms with E-state index in [0.29, 0.717) is 18.8 Å². The zero-order valence-electron chi connectivity index (χ0n) is 13.7. The van der Waals surface area contributed by atoms with Crippen molar-refractivity contribution in [2.24, 2.45) is 0 Å². The van der Waals surface area contributed by atoms with Gasteiger partial charge in [-0.15, -0.1) is 12.4 Å². The van der Waals surface area contributed by atoms with Crippen LogP contribution in [0.1, 0.15) is 11.6 Å². The van der Waals surface area contributed by atoms with Crippen molar-refractivity contribution < 1.29 is 17.5 Å². The van der Waals surface area contributed by atoms with Crippen LogP contribution in [0, 0.1) is 5.82 Å². The molecular weight excluding hydrogens is 367 g/mol.